The minimum atomic E-state index is -1.72. The highest BCUT2D eigenvalue weighted by Gasteiger charge is 2.30. The summed E-state index contributed by atoms with van der Waals surface area (Å²) in [7, 11) is 1.69. The number of nitrogens with two attached hydrogens (primary N) is 2. The summed E-state index contributed by atoms with van der Waals surface area (Å²) >= 11 is 0. The van der Waals surface area contributed by atoms with Gasteiger partial charge in [0.15, 0.2) is 12.2 Å². The van der Waals surface area contributed by atoms with Crippen molar-refractivity contribution in [2.24, 2.45) is 23.3 Å². The number of unbranched alkanes of at least 4 members (excludes halogenated alkanes) is 2. The van der Waals surface area contributed by atoms with Crippen LogP contribution in [-0.2, 0) is 20.8 Å². The molecule has 43 heavy (non-hydrogen) atoms. The zero-order valence-corrected chi connectivity index (χ0v) is 25.8. The SMILES string of the molecule is CC1CCCCCC1C(=O)NC(Cc1ccc(NC(=O)C(CCCN(C)C(=N)N)NC(=O)CCCCCN)cc1)C(O)O. The molecule has 0 heterocycles. The smallest absolute Gasteiger partial charge is 0.246 e. The Labute approximate surface area is 255 Å². The van der Waals surface area contributed by atoms with E-state index in [1.807, 2.05) is 0 Å². The molecule has 2 rings (SSSR count). The lowest BCUT2D eigenvalue weighted by molar-refractivity contribution is -0.132. The Morgan fingerprint density at radius 1 is 1.02 bits per heavy atom. The summed E-state index contributed by atoms with van der Waals surface area (Å²) in [6.45, 7) is 3.12. The molecule has 12 heteroatoms. The lowest BCUT2D eigenvalue weighted by Crippen LogP contribution is -2.47. The topological polar surface area (TPSA) is 207 Å². The Kier molecular flexibility index (Phi) is 16.0. The Morgan fingerprint density at radius 2 is 1.72 bits per heavy atom. The Bertz CT molecular complexity index is 1020. The highest BCUT2D eigenvalue weighted by Crippen LogP contribution is 2.28. The van der Waals surface area contributed by atoms with E-state index in [0.717, 1.165) is 50.5 Å². The van der Waals surface area contributed by atoms with Crippen molar-refractivity contribution in [3.63, 3.8) is 0 Å². The molecule has 3 amide bonds. The minimum Gasteiger partial charge on any atom is -0.370 e. The molecule has 1 aliphatic carbocycles. The Morgan fingerprint density at radius 3 is 2.37 bits per heavy atom. The van der Waals surface area contributed by atoms with Crippen molar-refractivity contribution < 1.29 is 24.6 Å². The second-order valence-corrected chi connectivity index (χ2v) is 11.8. The number of benzene rings is 1. The summed E-state index contributed by atoms with van der Waals surface area (Å²) in [6, 6.07) is 5.31. The number of aliphatic hydroxyl groups excluding tert-OH is 1. The Balaban J connectivity index is 2.00. The van der Waals surface area contributed by atoms with Crippen LogP contribution >= 0.6 is 0 Å². The van der Waals surface area contributed by atoms with Gasteiger partial charge in [0, 0.05) is 31.6 Å². The molecule has 1 saturated carbocycles. The number of nitrogens with zero attached hydrogens (tertiary/aromatic N) is 1. The van der Waals surface area contributed by atoms with Gasteiger partial charge >= 0.3 is 0 Å². The fraction of sp³-hybridized carbons (Fsp3) is 0.677. The summed E-state index contributed by atoms with van der Waals surface area (Å²) < 4.78 is 0. The summed E-state index contributed by atoms with van der Waals surface area (Å²) in [5, 5.41) is 36.0. The number of hydrogen-bond acceptors (Lipinski definition) is 7. The van der Waals surface area contributed by atoms with Gasteiger partial charge in [0.2, 0.25) is 17.7 Å². The van der Waals surface area contributed by atoms with Gasteiger partial charge in [-0.15, -0.1) is 0 Å². The van der Waals surface area contributed by atoms with Gasteiger partial charge in [0.1, 0.15) is 6.04 Å². The number of carbonyl (C=O) groups excluding carboxylic acids is 3. The molecule has 12 nitrogen and oxygen atoms in total. The highest BCUT2D eigenvalue weighted by molar-refractivity contribution is 5.97. The predicted molar refractivity (Wildman–Crippen MR) is 168 cm³/mol. The van der Waals surface area contributed by atoms with Crippen LogP contribution in [0.5, 0.6) is 0 Å². The summed E-state index contributed by atoms with van der Waals surface area (Å²) in [5.74, 6) is -0.661. The van der Waals surface area contributed by atoms with Gasteiger partial charge in [-0.1, -0.05) is 44.7 Å². The first-order valence-corrected chi connectivity index (χ1v) is 15.6. The van der Waals surface area contributed by atoms with Crippen molar-refractivity contribution in [2.45, 2.75) is 102 Å². The predicted octanol–water partition coefficient (Wildman–Crippen LogP) is 1.79. The van der Waals surface area contributed by atoms with Crippen molar-refractivity contribution in [2.75, 3.05) is 25.5 Å². The number of anilines is 1. The van der Waals surface area contributed by atoms with Gasteiger partial charge in [0.05, 0.1) is 6.04 Å². The van der Waals surface area contributed by atoms with Gasteiger partial charge in [-0.2, -0.15) is 0 Å². The number of rotatable bonds is 17. The van der Waals surface area contributed by atoms with Crippen LogP contribution in [0.2, 0.25) is 0 Å². The molecule has 10 N–H and O–H groups in total. The zero-order chi connectivity index (χ0) is 31.8. The zero-order valence-electron chi connectivity index (χ0n) is 25.8. The highest BCUT2D eigenvalue weighted by atomic mass is 16.5. The van der Waals surface area contributed by atoms with Crippen LogP contribution in [0.3, 0.4) is 0 Å². The molecule has 0 aliphatic heterocycles. The summed E-state index contributed by atoms with van der Waals surface area (Å²) in [5.41, 5.74) is 12.3. The average molecular weight is 604 g/mol. The third kappa shape index (κ3) is 13.3. The first kappa shape index (κ1) is 36.0. The van der Waals surface area contributed by atoms with Crippen molar-refractivity contribution in [3.05, 3.63) is 29.8 Å². The molecule has 0 saturated heterocycles. The van der Waals surface area contributed by atoms with Crippen LogP contribution in [-0.4, -0.2) is 77.3 Å². The minimum absolute atomic E-state index is 0.0699. The van der Waals surface area contributed by atoms with Gasteiger partial charge in [-0.05, 0) is 75.1 Å². The second-order valence-electron chi connectivity index (χ2n) is 11.8. The van der Waals surface area contributed by atoms with Gasteiger partial charge in [-0.25, -0.2) is 0 Å². The van der Waals surface area contributed by atoms with Crippen LogP contribution in [0.4, 0.5) is 5.69 Å². The van der Waals surface area contributed by atoms with E-state index >= 15 is 0 Å². The van der Waals surface area contributed by atoms with Gasteiger partial charge in [-0.3, -0.25) is 19.8 Å². The van der Waals surface area contributed by atoms with Crippen molar-refractivity contribution in [1.29, 1.82) is 5.41 Å². The number of nitrogens with one attached hydrogen (secondary N) is 4. The van der Waals surface area contributed by atoms with Gasteiger partial charge in [0.25, 0.3) is 0 Å². The van der Waals surface area contributed by atoms with Crippen molar-refractivity contribution in [3.8, 4) is 0 Å². The molecule has 0 radical (unpaired) electrons. The third-order valence-electron chi connectivity index (χ3n) is 8.22. The maximum Gasteiger partial charge on any atom is 0.246 e. The largest absolute Gasteiger partial charge is 0.370 e. The molecule has 242 valence electrons. The number of hydrogen-bond donors (Lipinski definition) is 8. The number of carbonyl (C=O) groups is 3. The molecular weight excluding hydrogens is 550 g/mol. The summed E-state index contributed by atoms with van der Waals surface area (Å²) in [4.78, 5) is 40.3. The first-order chi connectivity index (χ1) is 20.5. The fourth-order valence-corrected chi connectivity index (χ4v) is 5.41. The number of aliphatic hydroxyl groups is 2. The number of amides is 3. The Hall–Kier alpha value is -3.22. The van der Waals surface area contributed by atoms with Crippen LogP contribution in [0.25, 0.3) is 0 Å². The monoisotopic (exact) mass is 603 g/mol. The average Bonchev–Trinajstić information content (AvgIpc) is 3.19. The molecule has 4 atom stereocenters. The molecule has 4 unspecified atom stereocenters. The maximum absolute atomic E-state index is 13.2. The van der Waals surface area contributed by atoms with Gasteiger partial charge < -0.3 is 42.5 Å². The third-order valence-corrected chi connectivity index (χ3v) is 8.22. The lowest BCUT2D eigenvalue weighted by atomic mass is 9.88. The van der Waals surface area contributed by atoms with Crippen LogP contribution < -0.4 is 27.4 Å². The molecule has 1 aromatic carbocycles. The number of guanidine groups is 1. The normalized spacial score (nSPS) is 18.3. The lowest BCUT2D eigenvalue weighted by Gasteiger charge is -2.26. The molecular formula is C31H53N7O5. The van der Waals surface area contributed by atoms with Crippen LogP contribution in [0, 0.1) is 17.2 Å². The molecule has 0 aromatic heterocycles. The maximum atomic E-state index is 13.2. The van der Waals surface area contributed by atoms with E-state index in [9.17, 15) is 24.6 Å². The summed E-state index contributed by atoms with van der Waals surface area (Å²) in [6.07, 6.45) is 7.10. The van der Waals surface area contributed by atoms with E-state index in [1.54, 1.807) is 36.2 Å². The fourth-order valence-electron chi connectivity index (χ4n) is 5.41. The van der Waals surface area contributed by atoms with Crippen LogP contribution in [0.15, 0.2) is 24.3 Å². The quantitative estimate of drug-likeness (QED) is 0.0432. The standard InChI is InChI=1S/C31H53N7O5/c1-21-10-5-3-6-11-24(21)28(40)37-26(30(42)43)20-22-14-16-23(17-15-22)35-29(41)25(12-9-19-38(2)31(33)34)36-27(39)13-7-4-8-18-32/h14-17,21,24-26,30,42-43H,3-13,18-20,32H2,1-2H3,(H3,33,34)(H,35,41)(H,36,39)(H,37,40). The van der Waals surface area contributed by atoms with Crippen LogP contribution in [0.1, 0.15) is 83.1 Å². The van der Waals surface area contributed by atoms with E-state index in [-0.39, 0.29) is 41.9 Å². The van der Waals surface area contributed by atoms with E-state index in [0.29, 0.717) is 44.5 Å². The molecule has 0 spiro atoms. The van der Waals surface area contributed by atoms with Crippen molar-refractivity contribution in [1.82, 2.24) is 15.5 Å². The molecule has 1 aliphatic rings. The van der Waals surface area contributed by atoms with E-state index in [4.69, 9.17) is 16.9 Å². The second kappa shape index (κ2) is 19.1. The van der Waals surface area contributed by atoms with E-state index in [1.165, 1.54) is 0 Å². The van der Waals surface area contributed by atoms with E-state index in [2.05, 4.69) is 22.9 Å². The first-order valence-electron chi connectivity index (χ1n) is 15.6. The molecule has 1 fully saturated rings. The molecule has 1 aromatic rings. The van der Waals surface area contributed by atoms with E-state index < -0.39 is 18.4 Å². The molecule has 0 bridgehead atoms. The van der Waals surface area contributed by atoms with Crippen molar-refractivity contribution >= 4 is 29.4 Å².